The number of rotatable bonds is 6. The third kappa shape index (κ3) is 3.90. The Labute approximate surface area is 130 Å². The predicted octanol–water partition coefficient (Wildman–Crippen LogP) is 1.68. The lowest BCUT2D eigenvalue weighted by Gasteiger charge is -2.23. The van der Waals surface area contributed by atoms with Crippen molar-refractivity contribution in [3.05, 3.63) is 24.3 Å². The van der Waals surface area contributed by atoms with Crippen molar-refractivity contribution in [2.45, 2.75) is 31.7 Å². The number of aromatic hydroxyl groups is 1. The monoisotopic (exact) mass is 306 g/mol. The number of nitrogens with zero attached hydrogens (tertiary/aromatic N) is 2. The summed E-state index contributed by atoms with van der Waals surface area (Å²) in [5.74, 6) is -0.767. The molecule has 0 spiro atoms. The van der Waals surface area contributed by atoms with Crippen LogP contribution in [0.4, 0.5) is 5.69 Å². The summed E-state index contributed by atoms with van der Waals surface area (Å²) in [6.07, 6.45) is 2.33. The van der Waals surface area contributed by atoms with Crippen molar-refractivity contribution in [1.82, 2.24) is 4.90 Å². The van der Waals surface area contributed by atoms with Crippen molar-refractivity contribution in [2.24, 2.45) is 0 Å². The molecule has 0 radical (unpaired) electrons. The first-order chi connectivity index (χ1) is 10.5. The number of carbonyl (C=O) groups excluding carboxylic acids is 1. The molecule has 6 nitrogen and oxygen atoms in total. The van der Waals surface area contributed by atoms with Crippen molar-refractivity contribution in [3.63, 3.8) is 0 Å². The summed E-state index contributed by atoms with van der Waals surface area (Å²) < 4.78 is 0. The average molecular weight is 306 g/mol. The first-order valence-corrected chi connectivity index (χ1v) is 7.51. The fourth-order valence-corrected chi connectivity index (χ4v) is 2.77. The van der Waals surface area contributed by atoms with Crippen LogP contribution in [0, 0.1) is 0 Å². The van der Waals surface area contributed by atoms with E-state index in [1.807, 2.05) is 24.1 Å². The SMILES string of the molecule is CN(CCCC(=O)N1CCCC1C(=O)O)c1ccc(O)cc1. The minimum absolute atomic E-state index is 0.0796. The van der Waals surface area contributed by atoms with Gasteiger partial charge in [0, 0.05) is 32.2 Å². The Balaban J connectivity index is 1.79. The van der Waals surface area contributed by atoms with Gasteiger partial charge in [-0.15, -0.1) is 0 Å². The van der Waals surface area contributed by atoms with Crippen LogP contribution in [-0.2, 0) is 9.59 Å². The highest BCUT2D eigenvalue weighted by Crippen LogP contribution is 2.20. The second-order valence-corrected chi connectivity index (χ2v) is 5.62. The Hall–Kier alpha value is -2.24. The van der Waals surface area contributed by atoms with Gasteiger partial charge in [0.2, 0.25) is 5.91 Å². The van der Waals surface area contributed by atoms with Crippen molar-refractivity contribution < 1.29 is 19.8 Å². The second kappa shape index (κ2) is 7.15. The third-order valence-corrected chi connectivity index (χ3v) is 4.03. The first kappa shape index (κ1) is 16.1. The summed E-state index contributed by atoms with van der Waals surface area (Å²) in [5.41, 5.74) is 0.967. The molecule has 1 aromatic rings. The van der Waals surface area contributed by atoms with Crippen LogP contribution >= 0.6 is 0 Å². The Morgan fingerprint density at radius 2 is 2.00 bits per heavy atom. The Morgan fingerprint density at radius 3 is 2.64 bits per heavy atom. The normalized spacial score (nSPS) is 17.5. The number of anilines is 1. The summed E-state index contributed by atoms with van der Waals surface area (Å²) in [6.45, 7) is 1.24. The Kier molecular flexibility index (Phi) is 5.25. The molecule has 1 saturated heterocycles. The summed E-state index contributed by atoms with van der Waals surface area (Å²) in [7, 11) is 1.92. The topological polar surface area (TPSA) is 81.1 Å². The maximum Gasteiger partial charge on any atom is 0.326 e. The Morgan fingerprint density at radius 1 is 1.32 bits per heavy atom. The lowest BCUT2D eigenvalue weighted by molar-refractivity contribution is -0.148. The van der Waals surface area contributed by atoms with Gasteiger partial charge in [0.25, 0.3) is 0 Å². The van der Waals surface area contributed by atoms with E-state index in [1.54, 1.807) is 12.1 Å². The Bertz CT molecular complexity index is 529. The number of amides is 1. The van der Waals surface area contributed by atoms with Gasteiger partial charge in [0.1, 0.15) is 11.8 Å². The van der Waals surface area contributed by atoms with E-state index in [2.05, 4.69) is 0 Å². The molecule has 1 amide bonds. The molecule has 22 heavy (non-hydrogen) atoms. The van der Waals surface area contributed by atoms with E-state index in [9.17, 15) is 14.7 Å². The fourth-order valence-electron chi connectivity index (χ4n) is 2.77. The molecular formula is C16H22N2O4. The lowest BCUT2D eigenvalue weighted by atomic mass is 10.2. The van der Waals surface area contributed by atoms with Gasteiger partial charge in [-0.3, -0.25) is 4.79 Å². The number of aliphatic carboxylic acids is 1. The standard InChI is InChI=1S/C16H22N2O4/c1-17(12-6-8-13(19)9-7-12)10-3-5-15(20)18-11-2-4-14(18)16(21)22/h6-9,14,19H,2-5,10-11H2,1H3,(H,21,22). The minimum atomic E-state index is -0.910. The lowest BCUT2D eigenvalue weighted by Crippen LogP contribution is -2.40. The molecule has 0 aromatic heterocycles. The van der Waals surface area contributed by atoms with E-state index < -0.39 is 12.0 Å². The van der Waals surface area contributed by atoms with E-state index in [-0.39, 0.29) is 11.7 Å². The number of phenolic OH excluding ortho intramolecular Hbond substituents is 1. The van der Waals surface area contributed by atoms with Gasteiger partial charge in [-0.25, -0.2) is 4.79 Å². The molecule has 1 fully saturated rings. The number of hydrogen-bond donors (Lipinski definition) is 2. The number of carboxylic acids is 1. The average Bonchev–Trinajstić information content (AvgIpc) is 2.97. The summed E-state index contributed by atoms with van der Waals surface area (Å²) in [4.78, 5) is 26.7. The van der Waals surface area contributed by atoms with Crippen LogP contribution in [0.3, 0.4) is 0 Å². The van der Waals surface area contributed by atoms with E-state index in [4.69, 9.17) is 5.11 Å². The van der Waals surface area contributed by atoms with Gasteiger partial charge >= 0.3 is 5.97 Å². The minimum Gasteiger partial charge on any atom is -0.508 e. The number of phenols is 1. The van der Waals surface area contributed by atoms with Crippen molar-refractivity contribution >= 4 is 17.6 Å². The number of carboxylic acid groups (broad SMARTS) is 1. The van der Waals surface area contributed by atoms with E-state index in [0.717, 1.165) is 12.1 Å². The van der Waals surface area contributed by atoms with Gasteiger partial charge in [0.15, 0.2) is 0 Å². The van der Waals surface area contributed by atoms with Crippen LogP contribution in [0.2, 0.25) is 0 Å². The van der Waals surface area contributed by atoms with Gasteiger partial charge < -0.3 is 20.0 Å². The first-order valence-electron chi connectivity index (χ1n) is 7.51. The van der Waals surface area contributed by atoms with Gasteiger partial charge in [0.05, 0.1) is 0 Å². The number of carbonyl (C=O) groups is 2. The van der Waals surface area contributed by atoms with Crippen molar-refractivity contribution in [3.8, 4) is 5.75 Å². The zero-order valence-corrected chi connectivity index (χ0v) is 12.7. The molecule has 0 aliphatic carbocycles. The zero-order chi connectivity index (χ0) is 16.1. The molecule has 1 aromatic carbocycles. The maximum atomic E-state index is 12.1. The van der Waals surface area contributed by atoms with Crippen LogP contribution in [0.25, 0.3) is 0 Å². The molecule has 1 aliphatic rings. The molecule has 1 aliphatic heterocycles. The van der Waals surface area contributed by atoms with Crippen LogP contribution in [0.5, 0.6) is 5.75 Å². The largest absolute Gasteiger partial charge is 0.508 e. The highest BCUT2D eigenvalue weighted by molar-refractivity contribution is 5.84. The van der Waals surface area contributed by atoms with E-state index in [0.29, 0.717) is 32.4 Å². The van der Waals surface area contributed by atoms with Crippen LogP contribution in [0.15, 0.2) is 24.3 Å². The van der Waals surface area contributed by atoms with Gasteiger partial charge in [-0.1, -0.05) is 0 Å². The number of likely N-dealkylation sites (tertiary alicyclic amines) is 1. The number of benzene rings is 1. The third-order valence-electron chi connectivity index (χ3n) is 4.03. The highest BCUT2D eigenvalue weighted by atomic mass is 16.4. The molecule has 1 unspecified atom stereocenters. The van der Waals surface area contributed by atoms with E-state index >= 15 is 0 Å². The van der Waals surface area contributed by atoms with Crippen LogP contribution < -0.4 is 4.90 Å². The van der Waals surface area contributed by atoms with Crippen molar-refractivity contribution in [1.29, 1.82) is 0 Å². The smallest absolute Gasteiger partial charge is 0.326 e. The summed E-state index contributed by atoms with van der Waals surface area (Å²) >= 11 is 0. The molecular weight excluding hydrogens is 284 g/mol. The summed E-state index contributed by atoms with van der Waals surface area (Å²) in [6, 6.07) is 6.23. The highest BCUT2D eigenvalue weighted by Gasteiger charge is 2.33. The van der Waals surface area contributed by atoms with Gasteiger partial charge in [-0.05, 0) is 43.5 Å². The van der Waals surface area contributed by atoms with Crippen LogP contribution in [0.1, 0.15) is 25.7 Å². The maximum absolute atomic E-state index is 12.1. The van der Waals surface area contributed by atoms with Crippen LogP contribution in [-0.4, -0.2) is 53.2 Å². The zero-order valence-electron chi connectivity index (χ0n) is 12.7. The molecule has 0 saturated carbocycles. The molecule has 2 N–H and O–H groups in total. The molecule has 0 bridgehead atoms. The van der Waals surface area contributed by atoms with Crippen molar-refractivity contribution in [2.75, 3.05) is 25.0 Å². The molecule has 1 atom stereocenters. The van der Waals surface area contributed by atoms with Gasteiger partial charge in [-0.2, -0.15) is 0 Å². The molecule has 120 valence electrons. The predicted molar refractivity (Wildman–Crippen MR) is 83.0 cm³/mol. The molecule has 6 heteroatoms. The summed E-state index contributed by atoms with van der Waals surface area (Å²) in [5, 5.41) is 18.4. The second-order valence-electron chi connectivity index (χ2n) is 5.62. The van der Waals surface area contributed by atoms with E-state index in [1.165, 1.54) is 4.90 Å². The number of hydrogen-bond acceptors (Lipinski definition) is 4. The molecule has 1 heterocycles. The quantitative estimate of drug-likeness (QED) is 0.836. The molecule has 2 rings (SSSR count). The fraction of sp³-hybridized carbons (Fsp3) is 0.500.